The molecule has 0 amide bonds. The van der Waals surface area contributed by atoms with Gasteiger partial charge in [-0.25, -0.2) is 0 Å². The van der Waals surface area contributed by atoms with Gasteiger partial charge >= 0.3 is 0 Å². The lowest BCUT2D eigenvalue weighted by molar-refractivity contribution is 0.177. The van der Waals surface area contributed by atoms with Crippen LogP contribution in [0.3, 0.4) is 0 Å². The van der Waals surface area contributed by atoms with Crippen LogP contribution in [0.15, 0.2) is 0 Å². The first-order valence-electron chi connectivity index (χ1n) is 4.41. The van der Waals surface area contributed by atoms with Crippen molar-refractivity contribution in [1.82, 2.24) is 0 Å². The molecule has 57 valence electrons. The van der Waals surface area contributed by atoms with Gasteiger partial charge in [0.05, 0.1) is 0 Å². The zero-order valence-corrected chi connectivity index (χ0v) is 7.28. The van der Waals surface area contributed by atoms with Gasteiger partial charge in [0.1, 0.15) is 0 Å². The smallest absolute Gasteiger partial charge is 0.0241 e. The van der Waals surface area contributed by atoms with E-state index in [-0.39, 0.29) is 0 Å². The number of hydrogen-bond donors (Lipinski definition) is 0. The molecule has 2 atom stereocenters. The highest BCUT2D eigenvalue weighted by Gasteiger charge is 2.55. The van der Waals surface area contributed by atoms with Gasteiger partial charge in [0, 0.05) is 0 Å². The summed E-state index contributed by atoms with van der Waals surface area (Å²) in [5.74, 6) is 0.998. The van der Waals surface area contributed by atoms with Gasteiger partial charge in [-0.2, -0.15) is 0 Å². The van der Waals surface area contributed by atoms with Crippen LogP contribution < -0.4 is 0 Å². The van der Waals surface area contributed by atoms with E-state index in [1.165, 1.54) is 19.3 Å². The molecule has 0 aromatic rings. The third-order valence-electron chi connectivity index (χ3n) is 4.36. The van der Waals surface area contributed by atoms with Crippen molar-refractivity contribution in [3.63, 3.8) is 0 Å². The van der Waals surface area contributed by atoms with Crippen LogP contribution in [-0.2, 0) is 0 Å². The molecule has 2 rings (SSSR count). The summed E-state index contributed by atoms with van der Waals surface area (Å²) >= 11 is 0. The molecule has 1 radical (unpaired) electrons. The van der Waals surface area contributed by atoms with E-state index in [1.807, 2.05) is 0 Å². The first kappa shape index (κ1) is 6.69. The molecular formula is C10H17. The molecule has 0 aromatic carbocycles. The van der Waals surface area contributed by atoms with Crippen molar-refractivity contribution < 1.29 is 0 Å². The molecule has 0 saturated heterocycles. The largest absolute Gasteiger partial charge is 0.0591 e. The lowest BCUT2D eigenvalue weighted by Crippen LogP contribution is -2.26. The monoisotopic (exact) mass is 137 g/mol. The SMILES string of the molecule is CC12[CH]C[C@H](CC1)C2(C)C. The minimum absolute atomic E-state index is 0.581. The Morgan fingerprint density at radius 1 is 1.30 bits per heavy atom. The summed E-state index contributed by atoms with van der Waals surface area (Å²) in [4.78, 5) is 0. The Hall–Kier alpha value is 0. The molecule has 2 saturated carbocycles. The highest BCUT2D eigenvalue weighted by Crippen LogP contribution is 2.64. The number of fused-ring (bicyclic) bond motifs is 2. The first-order valence-corrected chi connectivity index (χ1v) is 4.41. The molecule has 0 heteroatoms. The summed E-state index contributed by atoms with van der Waals surface area (Å²) in [6.45, 7) is 7.31. The van der Waals surface area contributed by atoms with Crippen molar-refractivity contribution in [2.75, 3.05) is 0 Å². The minimum atomic E-state index is 0.581. The second kappa shape index (κ2) is 1.60. The Kier molecular flexibility index (Phi) is 1.07. The first-order chi connectivity index (χ1) is 4.56. The third kappa shape index (κ3) is 0.538. The number of rotatable bonds is 0. The quantitative estimate of drug-likeness (QED) is 0.481. The molecule has 2 aliphatic rings. The van der Waals surface area contributed by atoms with Crippen molar-refractivity contribution in [1.29, 1.82) is 0 Å². The predicted molar refractivity (Wildman–Crippen MR) is 43.5 cm³/mol. The summed E-state index contributed by atoms with van der Waals surface area (Å²) in [7, 11) is 0. The standard InChI is InChI=1S/C10H17/c1-9(2)8-4-6-10(9,3)7-5-8/h6,8H,4-5,7H2,1-3H3/t8-,10?/m1/s1. The topological polar surface area (TPSA) is 0 Å². The van der Waals surface area contributed by atoms with E-state index < -0.39 is 0 Å². The fraction of sp³-hybridized carbons (Fsp3) is 0.900. The molecule has 1 unspecified atom stereocenters. The van der Waals surface area contributed by atoms with E-state index in [0.717, 1.165) is 5.92 Å². The summed E-state index contributed by atoms with van der Waals surface area (Å²) < 4.78 is 0. The van der Waals surface area contributed by atoms with Crippen molar-refractivity contribution in [2.24, 2.45) is 16.7 Å². The Labute approximate surface area is 64.0 Å². The third-order valence-corrected chi connectivity index (χ3v) is 4.36. The van der Waals surface area contributed by atoms with Crippen molar-refractivity contribution in [3.05, 3.63) is 6.42 Å². The molecule has 0 aliphatic heterocycles. The van der Waals surface area contributed by atoms with Crippen molar-refractivity contribution in [3.8, 4) is 0 Å². The molecule has 0 N–H and O–H groups in total. The van der Waals surface area contributed by atoms with Gasteiger partial charge in [-0.1, -0.05) is 20.8 Å². The van der Waals surface area contributed by atoms with E-state index in [2.05, 4.69) is 27.2 Å². The summed E-state index contributed by atoms with van der Waals surface area (Å²) in [5, 5.41) is 0. The van der Waals surface area contributed by atoms with Crippen LogP contribution in [0, 0.1) is 23.2 Å². The van der Waals surface area contributed by atoms with E-state index in [9.17, 15) is 0 Å². The van der Waals surface area contributed by atoms with Gasteiger partial charge in [-0.05, 0) is 42.4 Å². The fourth-order valence-corrected chi connectivity index (χ4v) is 2.80. The Bertz CT molecular complexity index is 145. The molecule has 10 heavy (non-hydrogen) atoms. The molecule has 2 fully saturated rings. The Morgan fingerprint density at radius 2 is 2.00 bits per heavy atom. The molecule has 0 spiro atoms. The highest BCUT2D eigenvalue weighted by molar-refractivity contribution is 5.14. The maximum Gasteiger partial charge on any atom is -0.0241 e. The van der Waals surface area contributed by atoms with Gasteiger partial charge in [0.25, 0.3) is 0 Å². The van der Waals surface area contributed by atoms with Crippen LogP contribution in [0.4, 0.5) is 0 Å². The summed E-state index contributed by atoms with van der Waals surface area (Å²) in [6.07, 6.45) is 6.84. The molecule has 0 heterocycles. The maximum atomic E-state index is 2.56. The van der Waals surface area contributed by atoms with Crippen LogP contribution in [-0.4, -0.2) is 0 Å². The number of hydrogen-bond acceptors (Lipinski definition) is 0. The molecular weight excluding hydrogens is 120 g/mol. The normalized spacial score (nSPS) is 50.1. The fourth-order valence-electron chi connectivity index (χ4n) is 2.80. The second-order valence-corrected chi connectivity index (χ2v) is 4.81. The van der Waals surface area contributed by atoms with Gasteiger partial charge in [0.15, 0.2) is 0 Å². The van der Waals surface area contributed by atoms with E-state index in [4.69, 9.17) is 0 Å². The zero-order chi connectivity index (χ0) is 7.41. The van der Waals surface area contributed by atoms with E-state index in [1.54, 1.807) is 0 Å². The van der Waals surface area contributed by atoms with Gasteiger partial charge in [0.2, 0.25) is 0 Å². The van der Waals surface area contributed by atoms with Crippen molar-refractivity contribution in [2.45, 2.75) is 40.0 Å². The summed E-state index contributed by atoms with van der Waals surface area (Å²) in [5.41, 5.74) is 1.19. The maximum absolute atomic E-state index is 2.56. The molecule has 2 aliphatic carbocycles. The van der Waals surface area contributed by atoms with E-state index >= 15 is 0 Å². The Balaban J connectivity index is 2.37. The Morgan fingerprint density at radius 3 is 2.10 bits per heavy atom. The minimum Gasteiger partial charge on any atom is -0.0591 e. The van der Waals surface area contributed by atoms with Crippen LogP contribution in [0.1, 0.15) is 40.0 Å². The molecule has 0 nitrogen and oxygen atoms in total. The average Bonchev–Trinajstić information content (AvgIpc) is 2.18. The lowest BCUT2D eigenvalue weighted by atomic mass is 9.71. The van der Waals surface area contributed by atoms with Crippen LogP contribution >= 0.6 is 0 Å². The van der Waals surface area contributed by atoms with E-state index in [0.29, 0.717) is 10.8 Å². The molecule has 2 bridgehead atoms. The van der Waals surface area contributed by atoms with Crippen LogP contribution in [0.25, 0.3) is 0 Å². The average molecular weight is 137 g/mol. The summed E-state index contributed by atoms with van der Waals surface area (Å²) in [6, 6.07) is 0. The predicted octanol–water partition coefficient (Wildman–Crippen LogP) is 3.04. The van der Waals surface area contributed by atoms with Crippen LogP contribution in [0.5, 0.6) is 0 Å². The van der Waals surface area contributed by atoms with Gasteiger partial charge in [-0.15, -0.1) is 0 Å². The lowest BCUT2D eigenvalue weighted by Gasteiger charge is -2.34. The molecule has 0 aromatic heterocycles. The van der Waals surface area contributed by atoms with Gasteiger partial charge in [-0.3, -0.25) is 0 Å². The second-order valence-electron chi connectivity index (χ2n) is 4.81. The van der Waals surface area contributed by atoms with Gasteiger partial charge < -0.3 is 0 Å². The van der Waals surface area contributed by atoms with Crippen LogP contribution in [0.2, 0.25) is 0 Å². The highest BCUT2D eigenvalue weighted by atomic mass is 14.6. The zero-order valence-electron chi connectivity index (χ0n) is 7.28. The van der Waals surface area contributed by atoms with Crippen molar-refractivity contribution >= 4 is 0 Å².